The van der Waals surface area contributed by atoms with E-state index >= 15 is 0 Å². The summed E-state index contributed by atoms with van der Waals surface area (Å²) in [5.74, 6) is -0.638. The number of ether oxygens (including phenoxy) is 1. The largest absolute Gasteiger partial charge is 0.497 e. The number of benzene rings is 3. The van der Waals surface area contributed by atoms with Crippen LogP contribution in [0.4, 0.5) is 5.69 Å². The number of hydrogen-bond acceptors (Lipinski definition) is 5. The Hall–Kier alpha value is -3.94. The monoisotopic (exact) mass is 514 g/mol. The van der Waals surface area contributed by atoms with Gasteiger partial charge in [0.15, 0.2) is 5.60 Å². The Morgan fingerprint density at radius 1 is 1.05 bits per heavy atom. The lowest BCUT2D eigenvalue weighted by Crippen LogP contribution is -2.44. The standard InChI is InChI=1S/C31H34N2O5/c1-23(10-9-15-29(35)32(18-19-34)21-24-11-5-3-6-12-24)31(37)27-20-26(38-2)16-17-28(27)33(30(31)36)22-25-13-7-4-8-14-25/h3-14,16-17,20,23,34,37H,15,18-19,21-22H2,1-2H3/b10-9+/t23-,31+/m0/s1. The third-order valence-electron chi connectivity index (χ3n) is 6.97. The Morgan fingerprint density at radius 3 is 2.34 bits per heavy atom. The van der Waals surface area contributed by atoms with Gasteiger partial charge in [0.1, 0.15) is 5.75 Å². The van der Waals surface area contributed by atoms with E-state index in [2.05, 4.69) is 0 Å². The molecule has 0 saturated carbocycles. The number of carbonyl (C=O) groups excluding carboxylic acids is 2. The second-order valence-corrected chi connectivity index (χ2v) is 9.47. The number of anilines is 1. The third kappa shape index (κ3) is 5.64. The molecule has 0 spiro atoms. The lowest BCUT2D eigenvalue weighted by Gasteiger charge is -2.28. The second kappa shape index (κ2) is 12.1. The van der Waals surface area contributed by atoms with Crippen LogP contribution in [0.1, 0.15) is 30.0 Å². The Labute approximate surface area is 223 Å². The zero-order valence-corrected chi connectivity index (χ0v) is 21.8. The molecule has 0 unspecified atom stereocenters. The molecule has 1 aliphatic heterocycles. The molecule has 0 saturated heterocycles. The van der Waals surface area contributed by atoms with Crippen molar-refractivity contribution in [2.45, 2.75) is 32.0 Å². The van der Waals surface area contributed by atoms with Crippen molar-refractivity contribution in [2.75, 3.05) is 25.2 Å². The smallest absolute Gasteiger partial charge is 0.264 e. The highest BCUT2D eigenvalue weighted by atomic mass is 16.5. The van der Waals surface area contributed by atoms with Gasteiger partial charge in [-0.2, -0.15) is 0 Å². The number of rotatable bonds is 11. The molecule has 0 aromatic heterocycles. The van der Waals surface area contributed by atoms with Gasteiger partial charge in [-0.1, -0.05) is 79.7 Å². The van der Waals surface area contributed by atoms with Crippen molar-refractivity contribution in [3.8, 4) is 5.75 Å². The van der Waals surface area contributed by atoms with Gasteiger partial charge in [-0.05, 0) is 29.3 Å². The second-order valence-electron chi connectivity index (χ2n) is 9.47. The summed E-state index contributed by atoms with van der Waals surface area (Å²) in [6, 6.07) is 24.5. The molecule has 1 aliphatic rings. The lowest BCUT2D eigenvalue weighted by molar-refractivity contribution is -0.139. The van der Waals surface area contributed by atoms with E-state index in [1.165, 1.54) is 0 Å². The van der Waals surface area contributed by atoms with Gasteiger partial charge in [0.05, 0.1) is 25.9 Å². The average molecular weight is 515 g/mol. The fourth-order valence-corrected chi connectivity index (χ4v) is 4.83. The third-order valence-corrected chi connectivity index (χ3v) is 6.97. The molecule has 0 radical (unpaired) electrons. The van der Waals surface area contributed by atoms with Gasteiger partial charge < -0.3 is 24.7 Å². The Kier molecular flexibility index (Phi) is 8.61. The van der Waals surface area contributed by atoms with Gasteiger partial charge in [-0.25, -0.2) is 0 Å². The first-order valence-electron chi connectivity index (χ1n) is 12.7. The number of methoxy groups -OCH3 is 1. The zero-order valence-electron chi connectivity index (χ0n) is 21.8. The molecule has 4 rings (SSSR count). The van der Waals surface area contributed by atoms with Crippen LogP contribution < -0.4 is 9.64 Å². The molecule has 2 amide bonds. The van der Waals surface area contributed by atoms with Crippen LogP contribution >= 0.6 is 0 Å². The first-order chi connectivity index (χ1) is 18.4. The number of hydrogen-bond donors (Lipinski definition) is 2. The van der Waals surface area contributed by atoms with Gasteiger partial charge in [0.25, 0.3) is 5.91 Å². The maximum Gasteiger partial charge on any atom is 0.264 e. The number of aliphatic hydroxyl groups excluding tert-OH is 1. The minimum Gasteiger partial charge on any atom is -0.497 e. The summed E-state index contributed by atoms with van der Waals surface area (Å²) in [6.07, 6.45) is 3.48. The number of fused-ring (bicyclic) bond motifs is 1. The summed E-state index contributed by atoms with van der Waals surface area (Å²) in [5, 5.41) is 21.3. The van der Waals surface area contributed by atoms with Gasteiger partial charge in [0, 0.05) is 31.0 Å². The lowest BCUT2D eigenvalue weighted by atomic mass is 9.83. The van der Waals surface area contributed by atoms with Crippen LogP contribution in [0.15, 0.2) is 91.0 Å². The highest BCUT2D eigenvalue weighted by molar-refractivity contribution is 6.07. The van der Waals surface area contributed by atoms with E-state index in [0.29, 0.717) is 30.1 Å². The van der Waals surface area contributed by atoms with E-state index in [0.717, 1.165) is 11.1 Å². The molecule has 2 atom stereocenters. The fraction of sp³-hybridized carbons (Fsp3) is 0.290. The van der Waals surface area contributed by atoms with Crippen molar-refractivity contribution >= 4 is 17.5 Å². The van der Waals surface area contributed by atoms with E-state index < -0.39 is 17.4 Å². The topological polar surface area (TPSA) is 90.3 Å². The first-order valence-corrected chi connectivity index (χ1v) is 12.7. The SMILES string of the molecule is COc1ccc2c(c1)[C@](O)([C@@H](C)/C=C/CC(=O)N(CCO)Cc1ccccc1)C(=O)N2Cc1ccccc1. The predicted octanol–water partition coefficient (Wildman–Crippen LogP) is 4.03. The molecular formula is C31H34N2O5. The summed E-state index contributed by atoms with van der Waals surface area (Å²) < 4.78 is 5.38. The van der Waals surface area contributed by atoms with E-state index in [1.54, 1.807) is 54.2 Å². The summed E-state index contributed by atoms with van der Waals surface area (Å²) >= 11 is 0. The molecule has 1 heterocycles. The van der Waals surface area contributed by atoms with Crippen molar-refractivity contribution in [1.82, 2.24) is 4.90 Å². The van der Waals surface area contributed by atoms with Crippen molar-refractivity contribution in [1.29, 1.82) is 0 Å². The molecular weight excluding hydrogens is 480 g/mol. The van der Waals surface area contributed by atoms with Crippen LogP contribution in [0.25, 0.3) is 0 Å². The minimum absolute atomic E-state index is 0.0835. The summed E-state index contributed by atoms with van der Waals surface area (Å²) in [7, 11) is 1.54. The summed E-state index contributed by atoms with van der Waals surface area (Å²) in [6.45, 7) is 2.58. The highest BCUT2D eigenvalue weighted by Crippen LogP contribution is 2.47. The maximum atomic E-state index is 13.7. The average Bonchev–Trinajstić information content (AvgIpc) is 3.15. The van der Waals surface area contributed by atoms with Crippen molar-refractivity contribution < 1.29 is 24.5 Å². The van der Waals surface area contributed by atoms with Crippen LogP contribution in [-0.2, 0) is 28.3 Å². The van der Waals surface area contributed by atoms with Gasteiger partial charge in [-0.3, -0.25) is 9.59 Å². The molecule has 0 bridgehead atoms. The predicted molar refractivity (Wildman–Crippen MR) is 146 cm³/mol. The Morgan fingerprint density at radius 2 is 1.71 bits per heavy atom. The van der Waals surface area contributed by atoms with Gasteiger partial charge in [-0.15, -0.1) is 0 Å². The maximum absolute atomic E-state index is 13.7. The van der Waals surface area contributed by atoms with Crippen LogP contribution in [0.3, 0.4) is 0 Å². The minimum atomic E-state index is -1.81. The first kappa shape index (κ1) is 27.1. The quantitative estimate of drug-likeness (QED) is 0.377. The molecule has 38 heavy (non-hydrogen) atoms. The molecule has 198 valence electrons. The Balaban J connectivity index is 1.54. The van der Waals surface area contributed by atoms with E-state index in [4.69, 9.17) is 4.74 Å². The normalized spacial score (nSPS) is 17.5. The van der Waals surface area contributed by atoms with Crippen molar-refractivity contribution in [2.24, 2.45) is 5.92 Å². The highest BCUT2D eigenvalue weighted by Gasteiger charge is 2.52. The van der Waals surface area contributed by atoms with Crippen molar-refractivity contribution in [3.05, 3.63) is 108 Å². The van der Waals surface area contributed by atoms with Crippen LogP contribution in [0.2, 0.25) is 0 Å². The van der Waals surface area contributed by atoms with E-state index in [-0.39, 0.29) is 25.5 Å². The number of carbonyl (C=O) groups is 2. The molecule has 0 aliphatic carbocycles. The number of aliphatic hydroxyl groups is 2. The summed E-state index contributed by atoms with van der Waals surface area (Å²) in [4.78, 5) is 29.9. The van der Waals surface area contributed by atoms with Crippen LogP contribution in [0, 0.1) is 5.92 Å². The molecule has 7 nitrogen and oxygen atoms in total. The fourth-order valence-electron chi connectivity index (χ4n) is 4.83. The molecule has 3 aromatic rings. The van der Waals surface area contributed by atoms with Gasteiger partial charge >= 0.3 is 0 Å². The van der Waals surface area contributed by atoms with Crippen molar-refractivity contribution in [3.63, 3.8) is 0 Å². The molecule has 2 N–H and O–H groups in total. The number of amides is 2. The Bertz CT molecular complexity index is 1280. The molecule has 7 heteroatoms. The van der Waals surface area contributed by atoms with E-state index in [1.807, 2.05) is 60.7 Å². The summed E-state index contributed by atoms with van der Waals surface area (Å²) in [5.41, 5.74) is 1.22. The number of nitrogens with zero attached hydrogens (tertiary/aromatic N) is 2. The van der Waals surface area contributed by atoms with Gasteiger partial charge in [0.2, 0.25) is 5.91 Å². The van der Waals surface area contributed by atoms with Crippen LogP contribution in [0.5, 0.6) is 5.75 Å². The van der Waals surface area contributed by atoms with Crippen LogP contribution in [-0.4, -0.2) is 47.2 Å². The van der Waals surface area contributed by atoms with E-state index in [9.17, 15) is 19.8 Å². The molecule has 0 fully saturated rings. The molecule has 3 aromatic carbocycles. The zero-order chi connectivity index (χ0) is 27.1.